The molecule has 3 atom stereocenters. The minimum Gasteiger partial charge on any atom is -0.370 e. The summed E-state index contributed by atoms with van der Waals surface area (Å²) in [7, 11) is 0. The number of nitrogens with zero attached hydrogens (tertiary/aromatic N) is 3. The van der Waals surface area contributed by atoms with Crippen LogP contribution < -0.4 is 22.1 Å². The van der Waals surface area contributed by atoms with Gasteiger partial charge in [0.05, 0.1) is 11.5 Å². The molecule has 4 rings (SSSR count). The number of carbonyl (C=O) groups is 4. The zero-order chi connectivity index (χ0) is 29.4. The number of Topliss-reactive ketones (excluding diaryl/α,β-unsaturated/α-hetero) is 1. The molecule has 2 aromatic carbocycles. The largest absolute Gasteiger partial charge is 0.370 e. The maximum absolute atomic E-state index is 13.8. The SMILES string of the molecule is C[C@@]1(Cc2ccccc2)CCN2CC[C@@H](C(=O)N[C@@H](CCCN=C(N)N)C(=O)C(=O)NCc3ccccc3)N2C1=O. The van der Waals surface area contributed by atoms with Crippen LogP contribution in [0.3, 0.4) is 0 Å². The van der Waals surface area contributed by atoms with Crippen molar-refractivity contribution in [3.8, 4) is 0 Å². The lowest BCUT2D eigenvalue weighted by Crippen LogP contribution is -2.61. The monoisotopic (exact) mass is 561 g/mol. The Hall–Kier alpha value is -4.25. The highest BCUT2D eigenvalue weighted by Crippen LogP contribution is 2.38. The Morgan fingerprint density at radius 1 is 1.02 bits per heavy atom. The van der Waals surface area contributed by atoms with Crippen LogP contribution in [0.2, 0.25) is 0 Å². The molecule has 0 radical (unpaired) electrons. The van der Waals surface area contributed by atoms with Crippen LogP contribution in [0, 0.1) is 5.41 Å². The first kappa shape index (κ1) is 29.7. The van der Waals surface area contributed by atoms with E-state index in [9.17, 15) is 19.2 Å². The molecule has 41 heavy (non-hydrogen) atoms. The van der Waals surface area contributed by atoms with Gasteiger partial charge in [0.25, 0.3) is 5.91 Å². The molecule has 0 aliphatic carbocycles. The predicted octanol–water partition coefficient (Wildman–Crippen LogP) is 0.881. The molecule has 11 heteroatoms. The number of rotatable bonds is 12. The number of hydrogen-bond acceptors (Lipinski definition) is 6. The summed E-state index contributed by atoms with van der Waals surface area (Å²) >= 11 is 0. The molecule has 2 heterocycles. The van der Waals surface area contributed by atoms with Crippen LogP contribution in [0.5, 0.6) is 0 Å². The number of carbonyl (C=O) groups excluding carboxylic acids is 4. The van der Waals surface area contributed by atoms with Gasteiger partial charge < -0.3 is 22.1 Å². The molecule has 2 aromatic rings. The number of benzene rings is 2. The third-order valence-corrected chi connectivity index (χ3v) is 7.74. The van der Waals surface area contributed by atoms with Crippen LogP contribution >= 0.6 is 0 Å². The van der Waals surface area contributed by atoms with E-state index in [-0.39, 0.29) is 31.4 Å². The number of guanidine groups is 1. The number of nitrogens with one attached hydrogen (secondary N) is 2. The van der Waals surface area contributed by atoms with Crippen LogP contribution in [0.1, 0.15) is 43.7 Å². The van der Waals surface area contributed by atoms with Crippen molar-refractivity contribution >= 4 is 29.5 Å². The van der Waals surface area contributed by atoms with E-state index in [0.717, 1.165) is 11.1 Å². The van der Waals surface area contributed by atoms with Crippen molar-refractivity contribution < 1.29 is 19.2 Å². The maximum atomic E-state index is 13.8. The van der Waals surface area contributed by atoms with Crippen molar-refractivity contribution in [3.05, 3.63) is 71.8 Å². The van der Waals surface area contributed by atoms with Crippen LogP contribution in [0.4, 0.5) is 0 Å². The number of nitrogens with two attached hydrogens (primary N) is 2. The van der Waals surface area contributed by atoms with Gasteiger partial charge in [0.15, 0.2) is 5.96 Å². The third kappa shape index (κ3) is 7.49. The summed E-state index contributed by atoms with van der Waals surface area (Å²) in [5, 5.41) is 8.90. The van der Waals surface area contributed by atoms with Crippen molar-refractivity contribution in [2.75, 3.05) is 19.6 Å². The molecule has 11 nitrogen and oxygen atoms in total. The molecule has 3 amide bonds. The normalized spacial score (nSPS) is 21.0. The summed E-state index contributed by atoms with van der Waals surface area (Å²) in [6.07, 6.45) is 2.22. The Morgan fingerprint density at radius 3 is 2.34 bits per heavy atom. The van der Waals surface area contributed by atoms with Gasteiger partial charge in [-0.1, -0.05) is 67.6 Å². The fraction of sp³-hybridized carbons (Fsp3) is 0.433. The Bertz CT molecular complexity index is 1270. The Morgan fingerprint density at radius 2 is 1.68 bits per heavy atom. The lowest BCUT2D eigenvalue weighted by Gasteiger charge is -2.44. The first-order valence-corrected chi connectivity index (χ1v) is 14.0. The first-order valence-electron chi connectivity index (χ1n) is 14.0. The number of fused-ring (bicyclic) bond motifs is 1. The molecule has 0 saturated carbocycles. The van der Waals surface area contributed by atoms with Crippen LogP contribution in [0.15, 0.2) is 65.7 Å². The summed E-state index contributed by atoms with van der Waals surface area (Å²) in [5.41, 5.74) is 12.1. The summed E-state index contributed by atoms with van der Waals surface area (Å²) in [5.74, 6) is -2.20. The van der Waals surface area contributed by atoms with Crippen LogP contribution in [-0.2, 0) is 32.1 Å². The van der Waals surface area contributed by atoms with E-state index >= 15 is 0 Å². The third-order valence-electron chi connectivity index (χ3n) is 7.74. The number of aliphatic imine (C=N–C) groups is 1. The quantitative estimate of drug-likeness (QED) is 0.129. The highest BCUT2D eigenvalue weighted by atomic mass is 16.2. The van der Waals surface area contributed by atoms with Crippen molar-refractivity contribution in [1.82, 2.24) is 20.7 Å². The smallest absolute Gasteiger partial charge is 0.289 e. The van der Waals surface area contributed by atoms with Crippen molar-refractivity contribution in [2.24, 2.45) is 21.9 Å². The molecular formula is C30H39N7O4. The molecule has 0 spiro atoms. The van der Waals surface area contributed by atoms with Gasteiger partial charge in [-0.3, -0.25) is 29.2 Å². The van der Waals surface area contributed by atoms with E-state index in [0.29, 0.717) is 38.8 Å². The second-order valence-corrected chi connectivity index (χ2v) is 10.9. The van der Waals surface area contributed by atoms with Gasteiger partial charge in [-0.25, -0.2) is 5.01 Å². The molecule has 2 saturated heterocycles. The summed E-state index contributed by atoms with van der Waals surface area (Å²) in [6.45, 7) is 3.58. The van der Waals surface area contributed by atoms with Crippen LogP contribution in [-0.4, -0.2) is 71.2 Å². The number of hydrazine groups is 1. The summed E-state index contributed by atoms with van der Waals surface area (Å²) in [4.78, 5) is 57.3. The molecule has 2 fully saturated rings. The average molecular weight is 562 g/mol. The minimum absolute atomic E-state index is 0.0780. The number of ketones is 1. The zero-order valence-corrected chi connectivity index (χ0v) is 23.4. The van der Waals surface area contributed by atoms with Gasteiger partial charge in [-0.2, -0.15) is 0 Å². The number of hydrogen-bond donors (Lipinski definition) is 4. The first-order chi connectivity index (χ1) is 19.7. The van der Waals surface area contributed by atoms with Gasteiger partial charge in [0.1, 0.15) is 6.04 Å². The highest BCUT2D eigenvalue weighted by molar-refractivity contribution is 6.38. The fourth-order valence-electron chi connectivity index (χ4n) is 5.46. The van der Waals surface area contributed by atoms with Crippen molar-refractivity contribution in [3.63, 3.8) is 0 Å². The van der Waals surface area contributed by atoms with E-state index in [1.54, 1.807) is 5.01 Å². The topological polar surface area (TPSA) is 163 Å². The standard InChI is InChI=1S/C30H39N7O4/c1-30(19-21-9-4-2-5-10-21)15-18-36-17-14-24(37(36)28(30)41)26(39)35-23(13-8-16-33-29(31)32)25(38)27(40)34-20-22-11-6-3-7-12-22/h2-7,9-12,23-24H,8,13-20H2,1H3,(H,34,40)(H,35,39)(H4,31,32,33)/t23-,24-,30-/m0/s1. The fourth-order valence-corrected chi connectivity index (χ4v) is 5.46. The van der Waals surface area contributed by atoms with Gasteiger partial charge in [0, 0.05) is 26.2 Å². The lowest BCUT2D eigenvalue weighted by molar-refractivity contribution is -0.171. The molecule has 2 aliphatic rings. The second kappa shape index (κ2) is 13.4. The maximum Gasteiger partial charge on any atom is 0.289 e. The molecule has 2 aliphatic heterocycles. The van der Waals surface area contributed by atoms with E-state index in [2.05, 4.69) is 15.6 Å². The Labute approximate surface area is 240 Å². The molecule has 0 bridgehead atoms. The van der Waals surface area contributed by atoms with Gasteiger partial charge in [0.2, 0.25) is 17.6 Å². The summed E-state index contributed by atoms with van der Waals surface area (Å²) < 4.78 is 0. The predicted molar refractivity (Wildman–Crippen MR) is 155 cm³/mol. The van der Waals surface area contributed by atoms with Gasteiger partial charge in [-0.15, -0.1) is 0 Å². The van der Waals surface area contributed by atoms with Gasteiger partial charge >= 0.3 is 0 Å². The van der Waals surface area contributed by atoms with E-state index < -0.39 is 35.1 Å². The molecule has 218 valence electrons. The molecule has 0 unspecified atom stereocenters. The molecular weight excluding hydrogens is 522 g/mol. The summed E-state index contributed by atoms with van der Waals surface area (Å²) in [6, 6.07) is 17.2. The van der Waals surface area contributed by atoms with Crippen molar-refractivity contribution in [1.29, 1.82) is 0 Å². The zero-order valence-electron chi connectivity index (χ0n) is 23.4. The van der Waals surface area contributed by atoms with E-state index in [4.69, 9.17) is 11.5 Å². The Kier molecular flexibility index (Phi) is 9.72. The molecule has 6 N–H and O–H groups in total. The van der Waals surface area contributed by atoms with E-state index in [1.165, 1.54) is 0 Å². The van der Waals surface area contributed by atoms with Crippen LogP contribution in [0.25, 0.3) is 0 Å². The average Bonchev–Trinajstić information content (AvgIpc) is 3.41. The minimum atomic E-state index is -1.09. The Balaban J connectivity index is 1.45. The van der Waals surface area contributed by atoms with Crippen molar-refractivity contribution in [2.45, 2.75) is 57.7 Å². The number of amides is 3. The van der Waals surface area contributed by atoms with Gasteiger partial charge in [-0.05, 0) is 43.2 Å². The lowest BCUT2D eigenvalue weighted by atomic mass is 9.78. The second-order valence-electron chi connectivity index (χ2n) is 10.9. The highest BCUT2D eigenvalue weighted by Gasteiger charge is 2.50. The molecule has 0 aromatic heterocycles. The van der Waals surface area contributed by atoms with E-state index in [1.807, 2.05) is 72.6 Å².